The van der Waals surface area contributed by atoms with Gasteiger partial charge in [0.15, 0.2) is 0 Å². The fraction of sp³-hybridized carbons (Fsp3) is 0.333. The number of nitro groups is 1. The lowest BCUT2D eigenvalue weighted by Crippen LogP contribution is -2.41. The van der Waals surface area contributed by atoms with Crippen LogP contribution in [0.2, 0.25) is 0 Å². The number of nitrogens with two attached hydrogens (primary N) is 1. The molecule has 1 aromatic carbocycles. The number of hydrogen-bond donors (Lipinski definition) is 2. The predicted octanol–water partition coefficient (Wildman–Crippen LogP) is 0.747. The maximum Gasteiger partial charge on any atom is 0.338 e. The lowest BCUT2D eigenvalue weighted by atomic mass is 10.1. The van der Waals surface area contributed by atoms with E-state index in [1.54, 1.807) is 4.90 Å². The van der Waals surface area contributed by atoms with Crippen molar-refractivity contribution in [1.29, 1.82) is 0 Å². The van der Waals surface area contributed by atoms with Gasteiger partial charge in [0.25, 0.3) is 5.69 Å². The van der Waals surface area contributed by atoms with Crippen LogP contribution >= 0.6 is 0 Å². The average Bonchev–Trinajstić information content (AvgIpc) is 2.86. The molecule has 0 bridgehead atoms. The minimum absolute atomic E-state index is 0.202. The fourth-order valence-corrected chi connectivity index (χ4v) is 2.41. The maximum atomic E-state index is 11.4. The first-order valence-electron chi connectivity index (χ1n) is 5.99. The Morgan fingerprint density at radius 3 is 2.70 bits per heavy atom. The first-order chi connectivity index (χ1) is 9.41. The number of rotatable bonds is 4. The smallest absolute Gasteiger partial charge is 0.338 e. The summed E-state index contributed by atoms with van der Waals surface area (Å²) >= 11 is 0. The van der Waals surface area contributed by atoms with Crippen molar-refractivity contribution in [2.75, 3.05) is 11.4 Å². The minimum atomic E-state index is -1.28. The molecule has 0 aliphatic carbocycles. The molecular formula is C12H13N3O5. The van der Waals surface area contributed by atoms with E-state index >= 15 is 0 Å². The van der Waals surface area contributed by atoms with Crippen LogP contribution in [0.25, 0.3) is 0 Å². The summed E-state index contributed by atoms with van der Waals surface area (Å²) in [5, 5.41) is 19.9. The van der Waals surface area contributed by atoms with Gasteiger partial charge in [-0.2, -0.15) is 0 Å². The Bertz CT molecular complexity index is 586. The Morgan fingerprint density at radius 1 is 1.45 bits per heavy atom. The summed E-state index contributed by atoms with van der Waals surface area (Å²) in [7, 11) is 0. The summed E-state index contributed by atoms with van der Waals surface area (Å²) in [5.41, 5.74) is 5.07. The van der Waals surface area contributed by atoms with Crippen LogP contribution in [0.15, 0.2) is 18.2 Å². The number of carbonyl (C=O) groups is 2. The van der Waals surface area contributed by atoms with Gasteiger partial charge in [0.2, 0.25) is 5.91 Å². The highest BCUT2D eigenvalue weighted by atomic mass is 16.6. The lowest BCUT2D eigenvalue weighted by molar-refractivity contribution is -0.384. The van der Waals surface area contributed by atoms with Gasteiger partial charge in [-0.05, 0) is 18.9 Å². The van der Waals surface area contributed by atoms with Crippen molar-refractivity contribution >= 4 is 23.3 Å². The summed E-state index contributed by atoms with van der Waals surface area (Å²) in [4.78, 5) is 34.3. The second kappa shape index (κ2) is 5.16. The third-order valence-electron chi connectivity index (χ3n) is 3.31. The summed E-state index contributed by atoms with van der Waals surface area (Å²) in [6.07, 6.45) is 1.26. The SMILES string of the molecule is NC(=O)C1CCCN1c1ccc([N+](=O)[O-])cc1C(=O)O. The van der Waals surface area contributed by atoms with Gasteiger partial charge in [-0.15, -0.1) is 0 Å². The van der Waals surface area contributed by atoms with Gasteiger partial charge < -0.3 is 15.7 Å². The number of carboxylic acids is 1. The Labute approximate surface area is 113 Å². The zero-order valence-corrected chi connectivity index (χ0v) is 10.5. The Morgan fingerprint density at radius 2 is 2.15 bits per heavy atom. The van der Waals surface area contributed by atoms with E-state index in [9.17, 15) is 24.8 Å². The maximum absolute atomic E-state index is 11.4. The molecule has 1 aliphatic rings. The zero-order chi connectivity index (χ0) is 14.9. The number of carbonyl (C=O) groups excluding carboxylic acids is 1. The lowest BCUT2D eigenvalue weighted by Gasteiger charge is -2.25. The molecule has 0 radical (unpaired) electrons. The van der Waals surface area contributed by atoms with Crippen LogP contribution in [0.1, 0.15) is 23.2 Å². The molecule has 0 spiro atoms. The number of non-ortho nitro benzene ring substituents is 1. The Balaban J connectivity index is 2.48. The van der Waals surface area contributed by atoms with E-state index in [-0.39, 0.29) is 16.9 Å². The number of carboxylic acid groups (broad SMARTS) is 1. The predicted molar refractivity (Wildman–Crippen MR) is 69.6 cm³/mol. The third kappa shape index (κ3) is 2.40. The third-order valence-corrected chi connectivity index (χ3v) is 3.31. The Hall–Kier alpha value is -2.64. The van der Waals surface area contributed by atoms with Crippen LogP contribution in [0.4, 0.5) is 11.4 Å². The summed E-state index contributed by atoms with van der Waals surface area (Å²) < 4.78 is 0. The quantitative estimate of drug-likeness (QED) is 0.618. The molecule has 106 valence electrons. The van der Waals surface area contributed by atoms with E-state index < -0.39 is 22.8 Å². The number of primary amides is 1. The van der Waals surface area contributed by atoms with Gasteiger partial charge in [0.1, 0.15) is 6.04 Å². The van der Waals surface area contributed by atoms with Crippen molar-refractivity contribution < 1.29 is 19.6 Å². The molecule has 1 atom stereocenters. The monoisotopic (exact) mass is 279 g/mol. The van der Waals surface area contributed by atoms with Crippen LogP contribution in [0.3, 0.4) is 0 Å². The molecule has 0 aromatic heterocycles. The number of anilines is 1. The van der Waals surface area contributed by atoms with E-state index in [1.165, 1.54) is 12.1 Å². The molecule has 8 heteroatoms. The van der Waals surface area contributed by atoms with Gasteiger partial charge in [0, 0.05) is 18.7 Å². The molecule has 1 heterocycles. The second-order valence-corrected chi connectivity index (χ2v) is 4.52. The molecule has 1 aliphatic heterocycles. The standard InChI is InChI=1S/C12H13N3O5/c13-11(16)10-2-1-5-14(10)9-4-3-7(15(19)20)6-8(9)12(17)18/h3-4,6,10H,1-2,5H2,(H2,13,16)(H,17,18). The van der Waals surface area contributed by atoms with Gasteiger partial charge in [0.05, 0.1) is 16.2 Å². The molecule has 0 saturated carbocycles. The number of benzene rings is 1. The summed E-state index contributed by atoms with van der Waals surface area (Å²) in [5.74, 6) is -1.81. The number of nitro benzene ring substituents is 1. The number of aromatic carboxylic acids is 1. The highest BCUT2D eigenvalue weighted by Gasteiger charge is 2.32. The first-order valence-corrected chi connectivity index (χ1v) is 5.99. The van der Waals surface area contributed by atoms with Crippen molar-refractivity contribution in [1.82, 2.24) is 0 Å². The number of amides is 1. The van der Waals surface area contributed by atoms with Crippen LogP contribution < -0.4 is 10.6 Å². The molecule has 1 amide bonds. The number of nitrogens with zero attached hydrogens (tertiary/aromatic N) is 2. The van der Waals surface area contributed by atoms with Crippen LogP contribution in [-0.2, 0) is 4.79 Å². The van der Waals surface area contributed by atoms with Gasteiger partial charge in [-0.25, -0.2) is 4.79 Å². The van der Waals surface area contributed by atoms with Gasteiger partial charge >= 0.3 is 5.97 Å². The van der Waals surface area contributed by atoms with Crippen molar-refractivity contribution in [2.24, 2.45) is 5.73 Å². The van der Waals surface area contributed by atoms with Crippen LogP contribution in [0, 0.1) is 10.1 Å². The van der Waals surface area contributed by atoms with E-state index in [0.29, 0.717) is 19.4 Å². The van der Waals surface area contributed by atoms with Crippen molar-refractivity contribution in [2.45, 2.75) is 18.9 Å². The second-order valence-electron chi connectivity index (χ2n) is 4.52. The van der Waals surface area contributed by atoms with E-state index in [1.807, 2.05) is 0 Å². The fourth-order valence-electron chi connectivity index (χ4n) is 2.41. The van der Waals surface area contributed by atoms with Crippen molar-refractivity contribution in [3.63, 3.8) is 0 Å². The average molecular weight is 279 g/mol. The molecule has 8 nitrogen and oxygen atoms in total. The highest BCUT2D eigenvalue weighted by Crippen LogP contribution is 2.31. The summed E-state index contributed by atoms with van der Waals surface area (Å²) in [6, 6.07) is 2.99. The van der Waals surface area contributed by atoms with Gasteiger partial charge in [-0.3, -0.25) is 14.9 Å². The van der Waals surface area contributed by atoms with Crippen LogP contribution in [0.5, 0.6) is 0 Å². The Kier molecular flexibility index (Phi) is 3.55. The van der Waals surface area contributed by atoms with E-state index in [2.05, 4.69) is 0 Å². The van der Waals surface area contributed by atoms with Crippen LogP contribution in [-0.4, -0.2) is 34.5 Å². The minimum Gasteiger partial charge on any atom is -0.478 e. The topological polar surface area (TPSA) is 127 Å². The normalized spacial score (nSPS) is 18.0. The largest absolute Gasteiger partial charge is 0.478 e. The molecule has 20 heavy (non-hydrogen) atoms. The molecule has 2 rings (SSSR count). The van der Waals surface area contributed by atoms with Gasteiger partial charge in [-0.1, -0.05) is 0 Å². The van der Waals surface area contributed by atoms with Crippen molar-refractivity contribution in [3.05, 3.63) is 33.9 Å². The summed E-state index contributed by atoms with van der Waals surface area (Å²) in [6.45, 7) is 0.492. The molecule has 1 fully saturated rings. The molecule has 1 aromatic rings. The van der Waals surface area contributed by atoms with Crippen molar-refractivity contribution in [3.8, 4) is 0 Å². The molecule has 1 unspecified atom stereocenters. The highest BCUT2D eigenvalue weighted by molar-refractivity contribution is 5.97. The molecular weight excluding hydrogens is 266 g/mol. The molecule has 1 saturated heterocycles. The van der Waals surface area contributed by atoms with E-state index in [4.69, 9.17) is 5.73 Å². The first kappa shape index (κ1) is 13.8. The molecule has 3 N–H and O–H groups in total. The zero-order valence-electron chi connectivity index (χ0n) is 10.5. The number of hydrogen-bond acceptors (Lipinski definition) is 5. The van der Waals surface area contributed by atoms with E-state index in [0.717, 1.165) is 6.07 Å².